The molecular formula is C17H22N4OS. The molecule has 1 aliphatic heterocycles. The zero-order chi connectivity index (χ0) is 16.2. The van der Waals surface area contributed by atoms with Gasteiger partial charge in [0.25, 0.3) is 0 Å². The van der Waals surface area contributed by atoms with Gasteiger partial charge in [-0.2, -0.15) is 0 Å². The molecule has 0 spiro atoms. The Morgan fingerprint density at radius 2 is 2.17 bits per heavy atom. The SMILES string of the molecule is CCn1cccc1[C@@H]1[C@@H](c2ccccn2)NC(=S)N1CCCO. The van der Waals surface area contributed by atoms with Gasteiger partial charge in [0.15, 0.2) is 5.11 Å². The number of aryl methyl sites for hydroxylation is 1. The molecule has 2 aromatic heterocycles. The van der Waals surface area contributed by atoms with E-state index in [0.717, 1.165) is 23.9 Å². The van der Waals surface area contributed by atoms with Crippen LogP contribution in [0, 0.1) is 0 Å². The molecule has 3 heterocycles. The summed E-state index contributed by atoms with van der Waals surface area (Å²) in [5.74, 6) is 0. The summed E-state index contributed by atoms with van der Waals surface area (Å²) < 4.78 is 2.24. The molecule has 1 fully saturated rings. The molecule has 23 heavy (non-hydrogen) atoms. The van der Waals surface area contributed by atoms with Gasteiger partial charge in [-0.15, -0.1) is 0 Å². The molecule has 0 aliphatic carbocycles. The van der Waals surface area contributed by atoms with Crippen molar-refractivity contribution in [3.8, 4) is 0 Å². The van der Waals surface area contributed by atoms with E-state index in [-0.39, 0.29) is 18.7 Å². The molecule has 6 heteroatoms. The summed E-state index contributed by atoms with van der Waals surface area (Å²) in [6.45, 7) is 3.94. The Balaban J connectivity index is 2.00. The lowest BCUT2D eigenvalue weighted by Crippen LogP contribution is -2.31. The highest BCUT2D eigenvalue weighted by atomic mass is 32.1. The summed E-state index contributed by atoms with van der Waals surface area (Å²) >= 11 is 5.56. The fraction of sp³-hybridized carbons (Fsp3) is 0.412. The van der Waals surface area contributed by atoms with Gasteiger partial charge < -0.3 is 19.9 Å². The second-order valence-corrected chi connectivity index (χ2v) is 6.00. The van der Waals surface area contributed by atoms with Gasteiger partial charge in [0, 0.05) is 37.8 Å². The van der Waals surface area contributed by atoms with E-state index in [4.69, 9.17) is 12.2 Å². The molecule has 0 radical (unpaired) electrons. The van der Waals surface area contributed by atoms with Crippen LogP contribution in [0.1, 0.15) is 36.8 Å². The maximum atomic E-state index is 9.21. The molecule has 122 valence electrons. The molecule has 1 saturated heterocycles. The fourth-order valence-corrected chi connectivity index (χ4v) is 3.52. The number of hydrogen-bond acceptors (Lipinski definition) is 3. The number of thiocarbonyl (C=S) groups is 1. The van der Waals surface area contributed by atoms with Crippen LogP contribution < -0.4 is 5.32 Å². The van der Waals surface area contributed by atoms with Crippen molar-refractivity contribution >= 4 is 17.3 Å². The van der Waals surface area contributed by atoms with E-state index < -0.39 is 0 Å². The monoisotopic (exact) mass is 330 g/mol. The fourth-order valence-electron chi connectivity index (χ4n) is 3.19. The second kappa shape index (κ2) is 7.10. The molecule has 2 atom stereocenters. The van der Waals surface area contributed by atoms with Crippen molar-refractivity contribution in [2.24, 2.45) is 0 Å². The number of nitrogens with one attached hydrogen (secondary N) is 1. The van der Waals surface area contributed by atoms with Crippen LogP contribution in [0.4, 0.5) is 0 Å². The minimum absolute atomic E-state index is 0.0163. The van der Waals surface area contributed by atoms with Gasteiger partial charge >= 0.3 is 0 Å². The number of hydrogen-bond donors (Lipinski definition) is 2. The molecule has 0 unspecified atom stereocenters. The molecule has 2 N–H and O–H groups in total. The molecule has 0 aromatic carbocycles. The molecule has 5 nitrogen and oxygen atoms in total. The van der Waals surface area contributed by atoms with E-state index in [1.165, 1.54) is 5.69 Å². The highest BCUT2D eigenvalue weighted by Crippen LogP contribution is 2.38. The zero-order valence-corrected chi connectivity index (χ0v) is 14.0. The predicted octanol–water partition coefficient (Wildman–Crippen LogP) is 2.26. The first-order valence-corrected chi connectivity index (χ1v) is 8.41. The summed E-state index contributed by atoms with van der Waals surface area (Å²) in [4.78, 5) is 6.69. The molecule has 0 saturated carbocycles. The summed E-state index contributed by atoms with van der Waals surface area (Å²) in [6.07, 6.45) is 4.60. The maximum absolute atomic E-state index is 9.21. The minimum Gasteiger partial charge on any atom is -0.396 e. The van der Waals surface area contributed by atoms with E-state index in [9.17, 15) is 5.11 Å². The molecule has 3 rings (SSSR count). The predicted molar refractivity (Wildman–Crippen MR) is 94.0 cm³/mol. The van der Waals surface area contributed by atoms with Crippen LogP contribution in [0.2, 0.25) is 0 Å². The van der Waals surface area contributed by atoms with Crippen molar-refractivity contribution in [2.45, 2.75) is 32.0 Å². The summed E-state index contributed by atoms with van der Waals surface area (Å²) in [5, 5.41) is 13.3. The van der Waals surface area contributed by atoms with Crippen LogP contribution in [0.15, 0.2) is 42.7 Å². The first-order valence-electron chi connectivity index (χ1n) is 8.00. The zero-order valence-electron chi connectivity index (χ0n) is 13.2. The molecule has 2 aromatic rings. The van der Waals surface area contributed by atoms with Crippen molar-refractivity contribution in [3.05, 3.63) is 54.1 Å². The van der Waals surface area contributed by atoms with Crippen LogP contribution in [0.5, 0.6) is 0 Å². The van der Waals surface area contributed by atoms with E-state index in [1.54, 1.807) is 0 Å². The van der Waals surface area contributed by atoms with E-state index in [0.29, 0.717) is 6.42 Å². The van der Waals surface area contributed by atoms with Gasteiger partial charge in [-0.3, -0.25) is 4.98 Å². The van der Waals surface area contributed by atoms with Crippen molar-refractivity contribution in [2.75, 3.05) is 13.2 Å². The molecule has 0 amide bonds. The Morgan fingerprint density at radius 3 is 2.87 bits per heavy atom. The van der Waals surface area contributed by atoms with Gasteiger partial charge in [0.1, 0.15) is 0 Å². The van der Waals surface area contributed by atoms with Gasteiger partial charge in [-0.25, -0.2) is 0 Å². The van der Waals surface area contributed by atoms with Crippen molar-refractivity contribution in [1.29, 1.82) is 0 Å². The highest BCUT2D eigenvalue weighted by Gasteiger charge is 2.40. The van der Waals surface area contributed by atoms with E-state index >= 15 is 0 Å². The first kappa shape index (κ1) is 16.0. The number of aromatic nitrogens is 2. The number of aliphatic hydroxyl groups excluding tert-OH is 1. The summed E-state index contributed by atoms with van der Waals surface area (Å²) in [7, 11) is 0. The topological polar surface area (TPSA) is 53.3 Å². The summed E-state index contributed by atoms with van der Waals surface area (Å²) in [6, 6.07) is 10.3. The minimum atomic E-state index is 0.0163. The number of nitrogens with zero attached hydrogens (tertiary/aromatic N) is 3. The van der Waals surface area contributed by atoms with Crippen molar-refractivity contribution in [1.82, 2.24) is 19.8 Å². The van der Waals surface area contributed by atoms with Crippen LogP contribution >= 0.6 is 12.2 Å². The number of aliphatic hydroxyl groups is 1. The smallest absolute Gasteiger partial charge is 0.170 e. The lowest BCUT2D eigenvalue weighted by atomic mass is 10.0. The lowest BCUT2D eigenvalue weighted by molar-refractivity contribution is 0.243. The Morgan fingerprint density at radius 1 is 1.30 bits per heavy atom. The first-order chi connectivity index (χ1) is 11.3. The van der Waals surface area contributed by atoms with Crippen LogP contribution in [-0.4, -0.2) is 37.8 Å². The second-order valence-electron chi connectivity index (χ2n) is 5.62. The Hall–Kier alpha value is -1.92. The third-order valence-corrected chi connectivity index (χ3v) is 4.62. The largest absolute Gasteiger partial charge is 0.396 e. The highest BCUT2D eigenvalue weighted by molar-refractivity contribution is 7.80. The molecule has 0 bridgehead atoms. The normalized spacial score (nSPS) is 20.8. The van der Waals surface area contributed by atoms with Crippen LogP contribution in [0.25, 0.3) is 0 Å². The number of pyridine rings is 1. The third-order valence-electron chi connectivity index (χ3n) is 4.26. The Kier molecular flexibility index (Phi) is 4.93. The Labute approximate surface area is 142 Å². The van der Waals surface area contributed by atoms with Gasteiger partial charge in [0.05, 0.1) is 17.8 Å². The standard InChI is InChI=1S/C17H22N4OS/c1-2-20-10-5-8-14(20)16-15(13-7-3-4-9-18-13)19-17(23)21(16)11-6-12-22/h3-5,7-10,15-16,22H,2,6,11-12H2,1H3,(H,19,23)/t15-,16-/m1/s1. The quantitative estimate of drug-likeness (QED) is 0.796. The molecular weight excluding hydrogens is 308 g/mol. The van der Waals surface area contributed by atoms with Crippen LogP contribution in [0.3, 0.4) is 0 Å². The average molecular weight is 330 g/mol. The van der Waals surface area contributed by atoms with Crippen LogP contribution in [-0.2, 0) is 6.54 Å². The Bertz CT molecular complexity index is 658. The number of rotatable bonds is 6. The summed E-state index contributed by atoms with van der Waals surface area (Å²) in [5.41, 5.74) is 2.20. The van der Waals surface area contributed by atoms with Crippen molar-refractivity contribution in [3.63, 3.8) is 0 Å². The average Bonchev–Trinajstić information content (AvgIpc) is 3.17. The van der Waals surface area contributed by atoms with E-state index in [2.05, 4.69) is 45.0 Å². The van der Waals surface area contributed by atoms with Crippen molar-refractivity contribution < 1.29 is 5.11 Å². The molecule has 1 aliphatic rings. The van der Waals surface area contributed by atoms with Gasteiger partial charge in [0.2, 0.25) is 0 Å². The third kappa shape index (κ3) is 3.09. The lowest BCUT2D eigenvalue weighted by Gasteiger charge is -2.28. The van der Waals surface area contributed by atoms with Gasteiger partial charge in [-0.1, -0.05) is 6.07 Å². The van der Waals surface area contributed by atoms with E-state index in [1.807, 2.05) is 24.4 Å². The van der Waals surface area contributed by atoms with Gasteiger partial charge in [-0.05, 0) is 49.8 Å². The maximum Gasteiger partial charge on any atom is 0.170 e.